The Kier molecular flexibility index (Phi) is 2.44. The van der Waals surface area contributed by atoms with Gasteiger partial charge in [-0.25, -0.2) is 0 Å². The van der Waals surface area contributed by atoms with Crippen LogP contribution in [0, 0.1) is 6.92 Å². The van der Waals surface area contributed by atoms with E-state index in [0.29, 0.717) is 13.1 Å². The molecule has 2 N–H and O–H groups in total. The lowest BCUT2D eigenvalue weighted by Crippen LogP contribution is -2.22. The van der Waals surface area contributed by atoms with Crippen LogP contribution in [-0.4, -0.2) is 35.5 Å². The van der Waals surface area contributed by atoms with Gasteiger partial charge in [0.2, 0.25) is 0 Å². The van der Waals surface area contributed by atoms with E-state index < -0.39 is 12.2 Å². The van der Waals surface area contributed by atoms with Crippen LogP contribution in [0.3, 0.4) is 0 Å². The van der Waals surface area contributed by atoms with Gasteiger partial charge >= 0.3 is 0 Å². The lowest BCUT2D eigenvalue weighted by Gasteiger charge is -2.19. The van der Waals surface area contributed by atoms with Gasteiger partial charge in [0.05, 0.1) is 12.2 Å². The molecule has 2 atom stereocenters. The smallest absolute Gasteiger partial charge is 0.0990 e. The largest absolute Gasteiger partial charge is 0.389 e. The van der Waals surface area contributed by atoms with Gasteiger partial charge in [0.15, 0.2) is 0 Å². The average Bonchev–Trinajstić information content (AvgIpc) is 2.48. The number of anilines is 1. The van der Waals surface area contributed by atoms with Crippen LogP contribution < -0.4 is 4.90 Å². The monoisotopic (exact) mass is 193 g/mol. The van der Waals surface area contributed by atoms with Crippen molar-refractivity contribution in [2.75, 3.05) is 18.0 Å². The van der Waals surface area contributed by atoms with Crippen LogP contribution >= 0.6 is 0 Å². The summed E-state index contributed by atoms with van der Waals surface area (Å²) in [5, 5.41) is 18.9. The Morgan fingerprint density at radius 2 is 1.71 bits per heavy atom. The van der Waals surface area contributed by atoms with Gasteiger partial charge in [0.25, 0.3) is 0 Å². The number of β-amino-alcohol motifs (C(OH)–C–C–N with tert-alkyl or cyclic N) is 2. The summed E-state index contributed by atoms with van der Waals surface area (Å²) in [7, 11) is 0. The van der Waals surface area contributed by atoms with Crippen molar-refractivity contribution in [1.82, 2.24) is 0 Å². The van der Waals surface area contributed by atoms with E-state index in [4.69, 9.17) is 0 Å². The summed E-state index contributed by atoms with van der Waals surface area (Å²) in [5.41, 5.74) is 2.27. The lowest BCUT2D eigenvalue weighted by atomic mass is 10.2. The SMILES string of the molecule is Cc1ccccc1N1C[C@@H](O)[C@@H](O)C1. The molecule has 1 heterocycles. The Morgan fingerprint density at radius 1 is 1.14 bits per heavy atom. The van der Waals surface area contributed by atoms with Crippen LogP contribution in [0.25, 0.3) is 0 Å². The molecule has 2 rings (SSSR count). The van der Waals surface area contributed by atoms with Crippen molar-refractivity contribution in [2.45, 2.75) is 19.1 Å². The lowest BCUT2D eigenvalue weighted by molar-refractivity contribution is 0.0572. The fourth-order valence-electron chi connectivity index (χ4n) is 1.88. The van der Waals surface area contributed by atoms with E-state index in [9.17, 15) is 10.2 Å². The molecule has 1 fully saturated rings. The van der Waals surface area contributed by atoms with Gasteiger partial charge in [0, 0.05) is 18.8 Å². The van der Waals surface area contributed by atoms with E-state index in [1.807, 2.05) is 36.1 Å². The number of aryl methyl sites for hydroxylation is 1. The molecule has 0 aliphatic carbocycles. The number of benzene rings is 1. The summed E-state index contributed by atoms with van der Waals surface area (Å²) in [5.74, 6) is 0. The maximum atomic E-state index is 9.43. The van der Waals surface area contributed by atoms with E-state index in [1.165, 1.54) is 5.56 Å². The molecular formula is C11H15NO2. The number of rotatable bonds is 1. The number of nitrogens with zero attached hydrogens (tertiary/aromatic N) is 1. The quantitative estimate of drug-likeness (QED) is 0.684. The molecule has 1 aromatic carbocycles. The second-order valence-corrected chi connectivity index (χ2v) is 3.83. The number of hydrogen-bond donors (Lipinski definition) is 2. The van der Waals surface area contributed by atoms with Crippen LogP contribution in [0.2, 0.25) is 0 Å². The highest BCUT2D eigenvalue weighted by molar-refractivity contribution is 5.54. The van der Waals surface area contributed by atoms with Crippen LogP contribution in [0.15, 0.2) is 24.3 Å². The maximum absolute atomic E-state index is 9.43. The zero-order chi connectivity index (χ0) is 10.1. The molecule has 0 saturated carbocycles. The molecule has 1 aliphatic rings. The molecule has 14 heavy (non-hydrogen) atoms. The van der Waals surface area contributed by atoms with Gasteiger partial charge in [-0.3, -0.25) is 0 Å². The summed E-state index contributed by atoms with van der Waals surface area (Å²) in [6.07, 6.45) is -1.23. The zero-order valence-corrected chi connectivity index (χ0v) is 8.22. The highest BCUT2D eigenvalue weighted by Gasteiger charge is 2.29. The highest BCUT2D eigenvalue weighted by Crippen LogP contribution is 2.23. The van der Waals surface area contributed by atoms with E-state index in [0.717, 1.165) is 5.69 Å². The van der Waals surface area contributed by atoms with Gasteiger partial charge < -0.3 is 15.1 Å². The van der Waals surface area contributed by atoms with Gasteiger partial charge in [0.1, 0.15) is 0 Å². The second kappa shape index (κ2) is 3.59. The molecule has 76 valence electrons. The minimum atomic E-state index is -0.616. The van der Waals surface area contributed by atoms with Gasteiger partial charge in [-0.1, -0.05) is 18.2 Å². The third-order valence-corrected chi connectivity index (χ3v) is 2.72. The number of para-hydroxylation sites is 1. The maximum Gasteiger partial charge on any atom is 0.0990 e. The summed E-state index contributed by atoms with van der Waals surface area (Å²) in [4.78, 5) is 2.02. The van der Waals surface area contributed by atoms with Gasteiger partial charge in [-0.2, -0.15) is 0 Å². The summed E-state index contributed by atoms with van der Waals surface area (Å²) in [6.45, 7) is 3.07. The van der Waals surface area contributed by atoms with E-state index >= 15 is 0 Å². The molecule has 0 radical (unpaired) electrons. The Bertz CT molecular complexity index is 317. The Morgan fingerprint density at radius 3 is 2.29 bits per heavy atom. The van der Waals surface area contributed by atoms with Crippen LogP contribution in [0.4, 0.5) is 5.69 Å². The molecule has 3 heteroatoms. The molecule has 1 saturated heterocycles. The third kappa shape index (κ3) is 1.61. The molecule has 0 bridgehead atoms. The van der Waals surface area contributed by atoms with E-state index in [-0.39, 0.29) is 0 Å². The topological polar surface area (TPSA) is 43.7 Å². The standard InChI is InChI=1S/C11H15NO2/c1-8-4-2-3-5-9(8)12-6-10(13)11(14)7-12/h2-5,10-11,13-14H,6-7H2,1H3/t10-,11+. The summed E-state index contributed by atoms with van der Waals surface area (Å²) >= 11 is 0. The first-order chi connectivity index (χ1) is 6.68. The first kappa shape index (κ1) is 9.49. The van der Waals surface area contributed by atoms with E-state index in [1.54, 1.807) is 0 Å². The van der Waals surface area contributed by atoms with Crippen molar-refractivity contribution >= 4 is 5.69 Å². The molecule has 1 aromatic rings. The minimum Gasteiger partial charge on any atom is -0.389 e. The molecule has 0 spiro atoms. The van der Waals surface area contributed by atoms with Crippen molar-refractivity contribution < 1.29 is 10.2 Å². The molecular weight excluding hydrogens is 178 g/mol. The predicted octanol–water partition coefficient (Wildman–Crippen LogP) is 0.537. The van der Waals surface area contributed by atoms with Crippen molar-refractivity contribution in [3.05, 3.63) is 29.8 Å². The van der Waals surface area contributed by atoms with Crippen LogP contribution in [0.1, 0.15) is 5.56 Å². The number of aliphatic hydroxyl groups is 2. The Labute approximate surface area is 83.6 Å². The van der Waals surface area contributed by atoms with Crippen molar-refractivity contribution in [2.24, 2.45) is 0 Å². The van der Waals surface area contributed by atoms with E-state index in [2.05, 4.69) is 0 Å². The third-order valence-electron chi connectivity index (χ3n) is 2.72. The van der Waals surface area contributed by atoms with Crippen LogP contribution in [0.5, 0.6) is 0 Å². The summed E-state index contributed by atoms with van der Waals surface area (Å²) < 4.78 is 0. The van der Waals surface area contributed by atoms with Gasteiger partial charge in [-0.15, -0.1) is 0 Å². The Hall–Kier alpha value is -1.06. The predicted molar refractivity (Wildman–Crippen MR) is 55.4 cm³/mol. The van der Waals surface area contributed by atoms with Crippen molar-refractivity contribution in [1.29, 1.82) is 0 Å². The molecule has 3 nitrogen and oxygen atoms in total. The molecule has 1 aliphatic heterocycles. The van der Waals surface area contributed by atoms with Crippen LogP contribution in [-0.2, 0) is 0 Å². The molecule has 0 unspecified atom stereocenters. The van der Waals surface area contributed by atoms with Crippen molar-refractivity contribution in [3.8, 4) is 0 Å². The fourth-order valence-corrected chi connectivity index (χ4v) is 1.88. The summed E-state index contributed by atoms with van der Waals surface area (Å²) in [6, 6.07) is 8.01. The Balaban J connectivity index is 2.21. The average molecular weight is 193 g/mol. The fraction of sp³-hybridized carbons (Fsp3) is 0.455. The molecule has 0 aromatic heterocycles. The first-order valence-corrected chi connectivity index (χ1v) is 4.85. The number of aliphatic hydroxyl groups excluding tert-OH is 2. The van der Waals surface area contributed by atoms with Gasteiger partial charge in [-0.05, 0) is 18.6 Å². The normalized spacial score (nSPS) is 26.9. The number of hydrogen-bond acceptors (Lipinski definition) is 3. The second-order valence-electron chi connectivity index (χ2n) is 3.83. The minimum absolute atomic E-state index is 0.520. The van der Waals surface area contributed by atoms with Crippen molar-refractivity contribution in [3.63, 3.8) is 0 Å². The highest BCUT2D eigenvalue weighted by atomic mass is 16.3. The first-order valence-electron chi connectivity index (χ1n) is 4.85. The zero-order valence-electron chi connectivity index (χ0n) is 8.22. The molecule has 0 amide bonds.